The molecule has 0 aliphatic heterocycles. The topological polar surface area (TPSA) is 78.9 Å². The highest BCUT2D eigenvalue weighted by atomic mass is 16.6. The number of rotatable bonds is 62. The van der Waals surface area contributed by atoms with Gasteiger partial charge < -0.3 is 14.2 Å². The van der Waals surface area contributed by atoms with Gasteiger partial charge in [0.1, 0.15) is 13.2 Å². The minimum atomic E-state index is -0.784. The van der Waals surface area contributed by atoms with Gasteiger partial charge in [-0.05, 0) is 89.9 Å². The molecule has 0 aromatic heterocycles. The van der Waals surface area contributed by atoms with Crippen LogP contribution in [0.2, 0.25) is 0 Å². The maximum Gasteiger partial charge on any atom is 0.306 e. The molecule has 0 spiro atoms. The van der Waals surface area contributed by atoms with Gasteiger partial charge in [0.05, 0.1) is 0 Å². The molecule has 0 amide bonds. The van der Waals surface area contributed by atoms with E-state index in [1.165, 1.54) is 205 Å². The number of carbonyl (C=O) groups is 3. The average molecular weight is 1090 g/mol. The highest BCUT2D eigenvalue weighted by Crippen LogP contribution is 2.17. The molecule has 0 aliphatic carbocycles. The van der Waals surface area contributed by atoms with Gasteiger partial charge in [-0.25, -0.2) is 0 Å². The van der Waals surface area contributed by atoms with E-state index in [0.29, 0.717) is 19.3 Å². The normalized spacial score (nSPS) is 12.5. The second kappa shape index (κ2) is 66.4. The smallest absolute Gasteiger partial charge is 0.306 e. The van der Waals surface area contributed by atoms with Crippen molar-refractivity contribution in [2.24, 2.45) is 0 Å². The summed E-state index contributed by atoms with van der Waals surface area (Å²) in [6, 6.07) is 0. The standard InChI is InChI=1S/C72H128O6/c1-4-7-10-13-16-19-22-25-28-31-33-35-36-38-39-41-44-47-50-53-56-59-62-65-71(74)77-68-69(67-76-70(73)64-61-58-55-52-49-46-43-30-27-24-21-18-15-12-9-6-3)78-72(75)66-63-60-57-54-51-48-45-42-40-37-34-32-29-26-23-20-17-14-11-8-5-2/h7,10,16,19,25,28,30,33,35,38-39,43,69H,4-6,8-9,11-15,17-18,20-24,26-27,29,31-32,34,36-37,40-42,44-68H2,1-3H3/b10-7-,19-16-,28-25-,35-33-,39-38-,43-30-. The Morgan fingerprint density at radius 3 is 0.795 bits per heavy atom. The van der Waals surface area contributed by atoms with Crippen LogP contribution in [-0.2, 0) is 28.6 Å². The molecule has 0 radical (unpaired) electrons. The number of ether oxygens (including phenoxy) is 3. The average Bonchev–Trinajstić information content (AvgIpc) is 3.44. The molecule has 78 heavy (non-hydrogen) atoms. The van der Waals surface area contributed by atoms with Crippen LogP contribution in [0.1, 0.15) is 348 Å². The highest BCUT2D eigenvalue weighted by molar-refractivity contribution is 5.71. The summed E-state index contributed by atoms with van der Waals surface area (Å²) in [4.78, 5) is 38.4. The molecule has 0 N–H and O–H groups in total. The van der Waals surface area contributed by atoms with Gasteiger partial charge in [0.2, 0.25) is 0 Å². The van der Waals surface area contributed by atoms with Crippen molar-refractivity contribution in [3.05, 3.63) is 72.9 Å². The number of esters is 3. The zero-order valence-electron chi connectivity index (χ0n) is 51.9. The predicted octanol–water partition coefficient (Wildman–Crippen LogP) is 23.3. The van der Waals surface area contributed by atoms with E-state index in [4.69, 9.17) is 14.2 Å². The molecule has 1 atom stereocenters. The molecule has 0 aromatic carbocycles. The predicted molar refractivity (Wildman–Crippen MR) is 339 cm³/mol. The van der Waals surface area contributed by atoms with Crippen LogP contribution in [0.3, 0.4) is 0 Å². The molecule has 0 rings (SSSR count). The number of hydrogen-bond acceptors (Lipinski definition) is 6. The van der Waals surface area contributed by atoms with Gasteiger partial charge in [-0.3, -0.25) is 14.4 Å². The SMILES string of the molecule is CC/C=C\C/C=C\C/C=C\C/C=C\C/C=C\CCCCCCCCCC(=O)OCC(COC(=O)CCCCCCC/C=C\CCCCCCCCC)OC(=O)CCCCCCCCCCCCCCCCCCCCCCC. The Hall–Kier alpha value is -3.15. The molecular formula is C72H128O6. The maximum absolute atomic E-state index is 12.9. The summed E-state index contributed by atoms with van der Waals surface area (Å²) in [6.45, 7) is 6.56. The van der Waals surface area contributed by atoms with Gasteiger partial charge in [0.25, 0.3) is 0 Å². The summed E-state index contributed by atoms with van der Waals surface area (Å²) in [5.41, 5.74) is 0. The quantitative estimate of drug-likeness (QED) is 0.0261. The fourth-order valence-corrected chi connectivity index (χ4v) is 9.88. The van der Waals surface area contributed by atoms with E-state index in [0.717, 1.165) is 103 Å². The molecule has 0 aliphatic rings. The van der Waals surface area contributed by atoms with Crippen molar-refractivity contribution in [1.29, 1.82) is 0 Å². The largest absolute Gasteiger partial charge is 0.462 e. The van der Waals surface area contributed by atoms with Gasteiger partial charge >= 0.3 is 17.9 Å². The van der Waals surface area contributed by atoms with E-state index in [1.807, 2.05) is 0 Å². The second-order valence-electron chi connectivity index (χ2n) is 22.7. The minimum Gasteiger partial charge on any atom is -0.462 e. The third-order valence-corrected chi connectivity index (χ3v) is 14.9. The van der Waals surface area contributed by atoms with Gasteiger partial charge in [-0.2, -0.15) is 0 Å². The third-order valence-electron chi connectivity index (χ3n) is 14.9. The van der Waals surface area contributed by atoms with Crippen LogP contribution in [0.15, 0.2) is 72.9 Å². The van der Waals surface area contributed by atoms with E-state index in [1.54, 1.807) is 0 Å². The summed E-state index contributed by atoms with van der Waals surface area (Å²) in [7, 11) is 0. The Bertz CT molecular complexity index is 1440. The molecule has 6 heteroatoms. The summed E-state index contributed by atoms with van der Waals surface area (Å²) >= 11 is 0. The van der Waals surface area contributed by atoms with Crippen molar-refractivity contribution in [3.8, 4) is 0 Å². The Labute approximate surface area is 484 Å². The number of unbranched alkanes of at least 4 members (excludes halogenated alkanes) is 39. The van der Waals surface area contributed by atoms with Gasteiger partial charge in [0, 0.05) is 19.3 Å². The van der Waals surface area contributed by atoms with Crippen LogP contribution in [0.25, 0.3) is 0 Å². The van der Waals surface area contributed by atoms with E-state index in [-0.39, 0.29) is 31.1 Å². The van der Waals surface area contributed by atoms with Gasteiger partial charge in [-0.15, -0.1) is 0 Å². The van der Waals surface area contributed by atoms with Crippen LogP contribution in [0.5, 0.6) is 0 Å². The number of allylic oxidation sites excluding steroid dienone is 12. The van der Waals surface area contributed by atoms with Crippen LogP contribution in [0, 0.1) is 0 Å². The van der Waals surface area contributed by atoms with Crippen molar-refractivity contribution in [2.45, 2.75) is 354 Å². The van der Waals surface area contributed by atoms with Crippen molar-refractivity contribution < 1.29 is 28.6 Å². The summed E-state index contributed by atoms with van der Waals surface area (Å²) in [6.07, 6.45) is 86.3. The minimum absolute atomic E-state index is 0.0799. The molecule has 0 bridgehead atoms. The molecule has 6 nitrogen and oxygen atoms in total. The van der Waals surface area contributed by atoms with Crippen LogP contribution in [-0.4, -0.2) is 37.2 Å². The Balaban J connectivity index is 4.36. The molecule has 0 saturated carbocycles. The first-order chi connectivity index (χ1) is 38.5. The van der Waals surface area contributed by atoms with E-state index in [9.17, 15) is 14.4 Å². The van der Waals surface area contributed by atoms with Crippen molar-refractivity contribution in [3.63, 3.8) is 0 Å². The van der Waals surface area contributed by atoms with Crippen molar-refractivity contribution in [1.82, 2.24) is 0 Å². The molecule has 0 saturated heterocycles. The molecule has 0 fully saturated rings. The third kappa shape index (κ3) is 63.7. The van der Waals surface area contributed by atoms with Crippen LogP contribution in [0.4, 0.5) is 0 Å². The number of carbonyl (C=O) groups excluding carboxylic acids is 3. The lowest BCUT2D eigenvalue weighted by atomic mass is 10.0. The summed E-state index contributed by atoms with van der Waals surface area (Å²) in [5.74, 6) is -0.878. The molecule has 1 unspecified atom stereocenters. The second-order valence-corrected chi connectivity index (χ2v) is 22.7. The zero-order valence-corrected chi connectivity index (χ0v) is 51.9. The van der Waals surface area contributed by atoms with Crippen LogP contribution < -0.4 is 0 Å². The van der Waals surface area contributed by atoms with E-state index < -0.39 is 6.10 Å². The first kappa shape index (κ1) is 74.8. The van der Waals surface area contributed by atoms with Crippen LogP contribution >= 0.6 is 0 Å². The molecule has 0 heterocycles. The lowest BCUT2D eigenvalue weighted by Gasteiger charge is -2.18. The lowest BCUT2D eigenvalue weighted by Crippen LogP contribution is -2.30. The zero-order chi connectivity index (χ0) is 56.4. The fourth-order valence-electron chi connectivity index (χ4n) is 9.88. The monoisotopic (exact) mass is 1090 g/mol. The van der Waals surface area contributed by atoms with E-state index in [2.05, 4.69) is 93.7 Å². The first-order valence-electron chi connectivity index (χ1n) is 33.9. The van der Waals surface area contributed by atoms with Crippen molar-refractivity contribution >= 4 is 17.9 Å². The first-order valence-corrected chi connectivity index (χ1v) is 33.9. The van der Waals surface area contributed by atoms with Gasteiger partial charge in [-0.1, -0.05) is 312 Å². The Morgan fingerprint density at radius 2 is 0.500 bits per heavy atom. The van der Waals surface area contributed by atoms with E-state index >= 15 is 0 Å². The molecule has 0 aromatic rings. The Morgan fingerprint density at radius 1 is 0.269 bits per heavy atom. The van der Waals surface area contributed by atoms with Gasteiger partial charge in [0.15, 0.2) is 6.10 Å². The maximum atomic E-state index is 12.9. The summed E-state index contributed by atoms with van der Waals surface area (Å²) in [5, 5.41) is 0. The molecule has 452 valence electrons. The summed E-state index contributed by atoms with van der Waals surface area (Å²) < 4.78 is 17.0. The fraction of sp³-hybridized carbons (Fsp3) is 0.792. The Kier molecular flexibility index (Phi) is 63.7. The highest BCUT2D eigenvalue weighted by Gasteiger charge is 2.19. The lowest BCUT2D eigenvalue weighted by molar-refractivity contribution is -0.167. The number of hydrogen-bond donors (Lipinski definition) is 0. The molecular weight excluding hydrogens is 961 g/mol. The van der Waals surface area contributed by atoms with Crippen molar-refractivity contribution in [2.75, 3.05) is 13.2 Å².